The summed E-state index contributed by atoms with van der Waals surface area (Å²) in [6.07, 6.45) is 5.20. The molecule has 1 aromatic rings. The van der Waals surface area contributed by atoms with Crippen molar-refractivity contribution in [3.8, 4) is 5.75 Å². The van der Waals surface area contributed by atoms with E-state index in [0.717, 1.165) is 25.4 Å². The minimum absolute atomic E-state index is 0.381. The molecule has 0 spiro atoms. The quantitative estimate of drug-likeness (QED) is 0.720. The van der Waals surface area contributed by atoms with E-state index in [1.54, 1.807) is 0 Å². The van der Waals surface area contributed by atoms with Gasteiger partial charge in [0.15, 0.2) is 0 Å². The molecule has 20 heavy (non-hydrogen) atoms. The summed E-state index contributed by atoms with van der Waals surface area (Å²) in [5, 5.41) is 3.60. The first-order valence-electron chi connectivity index (χ1n) is 8.10. The third-order valence-electron chi connectivity index (χ3n) is 4.25. The molecule has 0 radical (unpaired) electrons. The van der Waals surface area contributed by atoms with Crippen molar-refractivity contribution < 1.29 is 4.74 Å². The summed E-state index contributed by atoms with van der Waals surface area (Å²) in [6, 6.07) is 8.81. The van der Waals surface area contributed by atoms with Gasteiger partial charge in [0.1, 0.15) is 5.75 Å². The molecule has 1 aliphatic carbocycles. The van der Waals surface area contributed by atoms with Crippen LogP contribution in [0.25, 0.3) is 0 Å². The predicted molar refractivity (Wildman–Crippen MR) is 85.5 cm³/mol. The molecule has 1 aliphatic rings. The minimum atomic E-state index is 0.381. The molecular formula is C18H29NO. The normalized spacial score (nSPS) is 17.0. The minimum Gasteiger partial charge on any atom is -0.493 e. The smallest absolute Gasteiger partial charge is 0.119 e. The Labute approximate surface area is 123 Å². The highest BCUT2D eigenvalue weighted by atomic mass is 16.5. The van der Waals surface area contributed by atoms with Gasteiger partial charge in [0, 0.05) is 12.0 Å². The van der Waals surface area contributed by atoms with Gasteiger partial charge in [-0.2, -0.15) is 0 Å². The van der Waals surface area contributed by atoms with E-state index < -0.39 is 0 Å². The molecule has 0 aliphatic heterocycles. The van der Waals surface area contributed by atoms with E-state index in [1.807, 2.05) is 0 Å². The zero-order valence-electron chi connectivity index (χ0n) is 13.2. The van der Waals surface area contributed by atoms with Crippen LogP contribution in [0.15, 0.2) is 24.3 Å². The Bertz CT molecular complexity index is 392. The molecule has 0 unspecified atom stereocenters. The average molecular weight is 275 g/mol. The van der Waals surface area contributed by atoms with Crippen LogP contribution >= 0.6 is 0 Å². The first-order valence-corrected chi connectivity index (χ1v) is 8.10. The second-order valence-electron chi connectivity index (χ2n) is 6.54. The van der Waals surface area contributed by atoms with E-state index in [-0.39, 0.29) is 0 Å². The van der Waals surface area contributed by atoms with Gasteiger partial charge in [0.05, 0.1) is 6.61 Å². The molecule has 112 valence electrons. The van der Waals surface area contributed by atoms with Crippen molar-refractivity contribution in [2.24, 2.45) is 5.92 Å². The van der Waals surface area contributed by atoms with E-state index >= 15 is 0 Å². The molecule has 2 rings (SSSR count). The molecule has 1 N–H and O–H groups in total. The largest absolute Gasteiger partial charge is 0.493 e. The lowest BCUT2D eigenvalue weighted by Crippen LogP contribution is -2.44. The Balaban J connectivity index is 1.96. The monoisotopic (exact) mass is 275 g/mol. The Hall–Kier alpha value is -1.02. The van der Waals surface area contributed by atoms with Crippen LogP contribution in [0.5, 0.6) is 5.75 Å². The summed E-state index contributed by atoms with van der Waals surface area (Å²) < 4.78 is 5.77. The van der Waals surface area contributed by atoms with Crippen LogP contribution < -0.4 is 10.1 Å². The highest BCUT2D eigenvalue weighted by Crippen LogP contribution is 2.43. The van der Waals surface area contributed by atoms with Gasteiger partial charge in [-0.15, -0.1) is 0 Å². The second kappa shape index (κ2) is 7.12. The molecule has 2 heteroatoms. The topological polar surface area (TPSA) is 21.3 Å². The molecule has 0 bridgehead atoms. The summed E-state index contributed by atoms with van der Waals surface area (Å²) in [7, 11) is 0. The fourth-order valence-corrected chi connectivity index (χ4v) is 2.84. The van der Waals surface area contributed by atoms with Crippen LogP contribution in [0.1, 0.15) is 52.0 Å². The summed E-state index contributed by atoms with van der Waals surface area (Å²) >= 11 is 0. The van der Waals surface area contributed by atoms with Gasteiger partial charge in [0.25, 0.3) is 0 Å². The van der Waals surface area contributed by atoms with Crippen molar-refractivity contribution in [1.82, 2.24) is 5.32 Å². The molecule has 1 aromatic carbocycles. The van der Waals surface area contributed by atoms with Gasteiger partial charge in [-0.05, 0) is 49.4 Å². The number of hydrogen-bond donors (Lipinski definition) is 1. The predicted octanol–water partition coefficient (Wildman–Crippen LogP) is 4.14. The van der Waals surface area contributed by atoms with E-state index in [2.05, 4.69) is 50.4 Å². The maximum absolute atomic E-state index is 5.77. The van der Waals surface area contributed by atoms with Crippen LogP contribution in [0.4, 0.5) is 0 Å². The fourth-order valence-electron chi connectivity index (χ4n) is 2.84. The van der Waals surface area contributed by atoms with Crippen molar-refractivity contribution >= 4 is 0 Å². The number of benzene rings is 1. The number of ether oxygens (including phenoxy) is 1. The molecular weight excluding hydrogens is 246 g/mol. The number of rotatable bonds is 8. The zero-order valence-corrected chi connectivity index (χ0v) is 13.2. The Morgan fingerprint density at radius 1 is 1.20 bits per heavy atom. The van der Waals surface area contributed by atoms with Gasteiger partial charge in [-0.1, -0.05) is 39.3 Å². The fraction of sp³-hybridized carbons (Fsp3) is 0.667. The third kappa shape index (κ3) is 3.76. The van der Waals surface area contributed by atoms with Crippen LogP contribution in [0.2, 0.25) is 0 Å². The highest BCUT2D eigenvalue weighted by molar-refractivity contribution is 5.34. The van der Waals surface area contributed by atoms with Crippen molar-refractivity contribution in [2.75, 3.05) is 19.7 Å². The maximum Gasteiger partial charge on any atom is 0.119 e. The van der Waals surface area contributed by atoms with Crippen molar-refractivity contribution in [3.63, 3.8) is 0 Å². The standard InChI is InChI=1S/C18H29NO/c1-4-12-19-14-18(10-5-11-18)16-6-8-17(9-7-16)20-13-15(2)3/h6-9,15,19H,4-5,10-14H2,1-3H3. The van der Waals surface area contributed by atoms with E-state index in [9.17, 15) is 0 Å². The van der Waals surface area contributed by atoms with Crippen molar-refractivity contribution in [3.05, 3.63) is 29.8 Å². The maximum atomic E-state index is 5.77. The summed E-state index contributed by atoms with van der Waals surface area (Å²) in [6.45, 7) is 9.61. The Morgan fingerprint density at radius 2 is 1.90 bits per heavy atom. The van der Waals surface area contributed by atoms with E-state index in [0.29, 0.717) is 11.3 Å². The number of hydrogen-bond acceptors (Lipinski definition) is 2. The molecule has 0 heterocycles. The van der Waals surface area contributed by atoms with E-state index in [1.165, 1.54) is 31.2 Å². The molecule has 0 atom stereocenters. The Morgan fingerprint density at radius 3 is 2.40 bits per heavy atom. The first kappa shape index (κ1) is 15.4. The van der Waals surface area contributed by atoms with Crippen LogP contribution in [0, 0.1) is 5.92 Å². The Kier molecular flexibility index (Phi) is 5.47. The van der Waals surface area contributed by atoms with Gasteiger partial charge < -0.3 is 10.1 Å². The van der Waals surface area contributed by atoms with Gasteiger partial charge >= 0.3 is 0 Å². The summed E-state index contributed by atoms with van der Waals surface area (Å²) in [5.74, 6) is 1.57. The molecule has 0 aromatic heterocycles. The van der Waals surface area contributed by atoms with Crippen molar-refractivity contribution in [1.29, 1.82) is 0 Å². The van der Waals surface area contributed by atoms with E-state index in [4.69, 9.17) is 4.74 Å². The highest BCUT2D eigenvalue weighted by Gasteiger charge is 2.37. The van der Waals surface area contributed by atoms with Crippen LogP contribution in [0.3, 0.4) is 0 Å². The second-order valence-corrected chi connectivity index (χ2v) is 6.54. The van der Waals surface area contributed by atoms with Gasteiger partial charge in [0.2, 0.25) is 0 Å². The summed E-state index contributed by atoms with van der Waals surface area (Å²) in [4.78, 5) is 0. The first-order chi connectivity index (χ1) is 9.66. The lowest BCUT2D eigenvalue weighted by Gasteiger charge is -2.43. The lowest BCUT2D eigenvalue weighted by molar-refractivity contribution is 0.233. The number of nitrogens with one attached hydrogen (secondary N) is 1. The lowest BCUT2D eigenvalue weighted by atomic mass is 9.64. The molecule has 1 fully saturated rings. The van der Waals surface area contributed by atoms with Gasteiger partial charge in [-0.3, -0.25) is 0 Å². The van der Waals surface area contributed by atoms with Crippen LogP contribution in [-0.2, 0) is 5.41 Å². The summed E-state index contributed by atoms with van der Waals surface area (Å²) in [5.41, 5.74) is 1.86. The molecule has 0 amide bonds. The zero-order chi connectivity index (χ0) is 14.4. The molecule has 0 saturated heterocycles. The third-order valence-corrected chi connectivity index (χ3v) is 4.25. The SMILES string of the molecule is CCCNCC1(c2ccc(OCC(C)C)cc2)CCC1. The molecule has 1 saturated carbocycles. The average Bonchev–Trinajstić information content (AvgIpc) is 2.40. The van der Waals surface area contributed by atoms with Gasteiger partial charge in [-0.25, -0.2) is 0 Å². The van der Waals surface area contributed by atoms with Crippen LogP contribution in [-0.4, -0.2) is 19.7 Å². The van der Waals surface area contributed by atoms with Crippen molar-refractivity contribution in [2.45, 2.75) is 51.9 Å². The molecule has 2 nitrogen and oxygen atoms in total.